The highest BCUT2D eigenvalue weighted by atomic mass is 16.5. The number of ether oxygens (including phenoxy) is 1. The molecule has 5 nitrogen and oxygen atoms in total. The average molecular weight is 385 g/mol. The maximum atomic E-state index is 13.5. The van der Waals surface area contributed by atoms with Gasteiger partial charge in [0, 0.05) is 22.4 Å². The molecule has 0 aliphatic heterocycles. The molecule has 0 atom stereocenters. The first-order valence-corrected chi connectivity index (χ1v) is 9.19. The molecular weight excluding hydrogens is 366 g/mol. The molecule has 5 heteroatoms. The Hall–Kier alpha value is -3.73. The number of hydrogen-bond acceptors (Lipinski definition) is 5. The van der Waals surface area contributed by atoms with E-state index in [2.05, 4.69) is 5.32 Å². The van der Waals surface area contributed by atoms with E-state index >= 15 is 0 Å². The van der Waals surface area contributed by atoms with Crippen LogP contribution in [0.3, 0.4) is 0 Å². The Morgan fingerprint density at radius 3 is 1.86 bits per heavy atom. The van der Waals surface area contributed by atoms with Gasteiger partial charge in [0.15, 0.2) is 11.3 Å². The number of carbonyl (C=O) groups excluding carboxylic acids is 3. The van der Waals surface area contributed by atoms with Crippen molar-refractivity contribution in [2.24, 2.45) is 0 Å². The molecule has 1 aliphatic rings. The summed E-state index contributed by atoms with van der Waals surface area (Å²) in [7, 11) is 1.56. The Morgan fingerprint density at radius 1 is 0.828 bits per heavy atom. The van der Waals surface area contributed by atoms with Gasteiger partial charge < -0.3 is 10.1 Å². The summed E-state index contributed by atoms with van der Waals surface area (Å²) < 4.78 is 5.21. The quantitative estimate of drug-likeness (QED) is 0.524. The second-order valence-electron chi connectivity index (χ2n) is 6.94. The molecule has 0 radical (unpaired) electrons. The molecule has 0 fully saturated rings. The summed E-state index contributed by atoms with van der Waals surface area (Å²) in [5.41, 5.74) is 0.859. The summed E-state index contributed by atoms with van der Waals surface area (Å²) in [6.45, 7) is 1.49. The van der Waals surface area contributed by atoms with Gasteiger partial charge in [-0.3, -0.25) is 14.4 Å². The van der Waals surface area contributed by atoms with Crippen molar-refractivity contribution in [1.29, 1.82) is 0 Å². The molecule has 1 N–H and O–H groups in total. The number of anilines is 1. The summed E-state index contributed by atoms with van der Waals surface area (Å²) in [5.74, 6) is -0.0372. The molecule has 0 aromatic heterocycles. The van der Waals surface area contributed by atoms with Gasteiger partial charge in [0.2, 0.25) is 11.6 Å². The zero-order valence-electron chi connectivity index (χ0n) is 16.1. The molecule has 0 saturated heterocycles. The van der Waals surface area contributed by atoms with Crippen LogP contribution in [0.2, 0.25) is 0 Å². The van der Waals surface area contributed by atoms with E-state index in [1.165, 1.54) is 6.92 Å². The van der Waals surface area contributed by atoms with E-state index in [0.717, 1.165) is 0 Å². The summed E-state index contributed by atoms with van der Waals surface area (Å²) in [4.78, 5) is 38.5. The van der Waals surface area contributed by atoms with Crippen molar-refractivity contribution in [3.8, 4) is 5.75 Å². The number of fused-ring (bicyclic) bond motifs is 1. The SMILES string of the molecule is COc1ccc(C2(Nc3ccc(C(C)=O)cc3)C(=O)c3ccccc3C2=O)cc1. The lowest BCUT2D eigenvalue weighted by Crippen LogP contribution is -2.46. The van der Waals surface area contributed by atoms with Gasteiger partial charge >= 0.3 is 0 Å². The van der Waals surface area contributed by atoms with Gasteiger partial charge in [-0.2, -0.15) is 0 Å². The first kappa shape index (κ1) is 18.6. The minimum absolute atomic E-state index is 0.0539. The number of Topliss-reactive ketones (excluding diaryl/α,β-unsaturated/α-hetero) is 3. The highest BCUT2D eigenvalue weighted by molar-refractivity contribution is 6.34. The Balaban J connectivity index is 1.85. The highest BCUT2D eigenvalue weighted by Gasteiger charge is 2.54. The predicted molar refractivity (Wildman–Crippen MR) is 110 cm³/mol. The fourth-order valence-electron chi connectivity index (χ4n) is 3.68. The van der Waals surface area contributed by atoms with E-state index < -0.39 is 5.54 Å². The minimum atomic E-state index is -1.58. The first-order valence-electron chi connectivity index (χ1n) is 9.19. The van der Waals surface area contributed by atoms with Crippen molar-refractivity contribution in [2.75, 3.05) is 12.4 Å². The first-order chi connectivity index (χ1) is 14.0. The number of carbonyl (C=O) groups is 3. The fourth-order valence-corrected chi connectivity index (χ4v) is 3.68. The standard InChI is InChI=1S/C24H19NO4/c1-15(26)16-7-11-18(12-8-16)25-24(17-9-13-19(29-2)14-10-17)22(27)20-5-3-4-6-21(20)23(24)28/h3-14,25H,1-2H3. The molecule has 4 rings (SSSR count). The van der Waals surface area contributed by atoms with Gasteiger partial charge in [0.25, 0.3) is 0 Å². The predicted octanol–water partition coefficient (Wildman–Crippen LogP) is 4.28. The molecule has 0 spiro atoms. The third-order valence-electron chi connectivity index (χ3n) is 5.24. The summed E-state index contributed by atoms with van der Waals surface area (Å²) >= 11 is 0. The Morgan fingerprint density at radius 2 is 1.38 bits per heavy atom. The van der Waals surface area contributed by atoms with Crippen molar-refractivity contribution in [3.63, 3.8) is 0 Å². The molecule has 0 unspecified atom stereocenters. The zero-order chi connectivity index (χ0) is 20.6. The van der Waals surface area contributed by atoms with Crippen LogP contribution in [-0.2, 0) is 5.54 Å². The number of benzene rings is 3. The molecule has 0 bridgehead atoms. The third-order valence-corrected chi connectivity index (χ3v) is 5.24. The van der Waals surface area contributed by atoms with Crippen molar-refractivity contribution in [1.82, 2.24) is 0 Å². The van der Waals surface area contributed by atoms with Crippen molar-refractivity contribution >= 4 is 23.0 Å². The molecule has 0 amide bonds. The average Bonchev–Trinajstić information content (AvgIpc) is 2.97. The summed E-state index contributed by atoms with van der Waals surface area (Å²) in [5, 5.41) is 3.17. The largest absolute Gasteiger partial charge is 0.497 e. The molecule has 0 saturated carbocycles. The Kier molecular flexibility index (Phi) is 4.51. The van der Waals surface area contributed by atoms with Crippen LogP contribution in [0.5, 0.6) is 5.75 Å². The van der Waals surface area contributed by atoms with Crippen LogP contribution in [0.1, 0.15) is 43.6 Å². The van der Waals surface area contributed by atoms with Gasteiger partial charge in [-0.05, 0) is 48.9 Å². The molecule has 144 valence electrons. The summed E-state index contributed by atoms with van der Waals surface area (Å²) in [6, 6.07) is 20.5. The number of ketones is 3. The smallest absolute Gasteiger partial charge is 0.201 e. The fraction of sp³-hybridized carbons (Fsp3) is 0.125. The molecular formula is C24H19NO4. The monoisotopic (exact) mass is 385 g/mol. The van der Waals surface area contributed by atoms with Crippen LogP contribution >= 0.6 is 0 Å². The normalized spacial score (nSPS) is 14.4. The Bertz CT molecular complexity index is 1080. The molecule has 3 aromatic rings. The van der Waals surface area contributed by atoms with Crippen LogP contribution in [0.25, 0.3) is 0 Å². The second-order valence-corrected chi connectivity index (χ2v) is 6.94. The van der Waals surface area contributed by atoms with Crippen LogP contribution in [0.4, 0.5) is 5.69 Å². The lowest BCUT2D eigenvalue weighted by atomic mass is 9.84. The van der Waals surface area contributed by atoms with E-state index in [1.54, 1.807) is 79.9 Å². The lowest BCUT2D eigenvalue weighted by Gasteiger charge is -2.29. The van der Waals surface area contributed by atoms with E-state index in [1.807, 2.05) is 0 Å². The van der Waals surface area contributed by atoms with Gasteiger partial charge in [-0.15, -0.1) is 0 Å². The van der Waals surface area contributed by atoms with Gasteiger partial charge in [-0.25, -0.2) is 0 Å². The maximum absolute atomic E-state index is 13.5. The number of hydrogen-bond donors (Lipinski definition) is 1. The van der Waals surface area contributed by atoms with Crippen LogP contribution < -0.4 is 10.1 Å². The van der Waals surface area contributed by atoms with Crippen LogP contribution in [0.15, 0.2) is 72.8 Å². The van der Waals surface area contributed by atoms with E-state index in [9.17, 15) is 14.4 Å². The number of nitrogens with one attached hydrogen (secondary N) is 1. The summed E-state index contributed by atoms with van der Waals surface area (Å²) in [6.07, 6.45) is 0. The topological polar surface area (TPSA) is 72.5 Å². The number of rotatable bonds is 5. The van der Waals surface area contributed by atoms with E-state index in [-0.39, 0.29) is 17.3 Å². The number of methoxy groups -OCH3 is 1. The molecule has 3 aromatic carbocycles. The van der Waals surface area contributed by atoms with E-state index in [0.29, 0.717) is 33.7 Å². The van der Waals surface area contributed by atoms with Crippen molar-refractivity contribution in [2.45, 2.75) is 12.5 Å². The van der Waals surface area contributed by atoms with Crippen LogP contribution in [-0.4, -0.2) is 24.5 Å². The van der Waals surface area contributed by atoms with E-state index in [4.69, 9.17) is 4.74 Å². The second kappa shape index (κ2) is 7.02. The lowest BCUT2D eigenvalue weighted by molar-refractivity contribution is 0.0818. The Labute approximate surface area is 168 Å². The van der Waals surface area contributed by atoms with Gasteiger partial charge in [0.1, 0.15) is 5.75 Å². The molecule has 29 heavy (non-hydrogen) atoms. The van der Waals surface area contributed by atoms with Crippen molar-refractivity contribution in [3.05, 3.63) is 95.1 Å². The van der Waals surface area contributed by atoms with Gasteiger partial charge in [0.05, 0.1) is 7.11 Å². The van der Waals surface area contributed by atoms with Crippen molar-refractivity contribution < 1.29 is 19.1 Å². The molecule has 1 aliphatic carbocycles. The third kappa shape index (κ3) is 2.91. The maximum Gasteiger partial charge on any atom is 0.201 e. The minimum Gasteiger partial charge on any atom is -0.497 e. The molecule has 0 heterocycles. The van der Waals surface area contributed by atoms with Crippen LogP contribution in [0, 0.1) is 0 Å². The van der Waals surface area contributed by atoms with Gasteiger partial charge in [-0.1, -0.05) is 36.4 Å². The highest BCUT2D eigenvalue weighted by Crippen LogP contribution is 2.41. The zero-order valence-corrected chi connectivity index (χ0v) is 16.1.